The van der Waals surface area contributed by atoms with Gasteiger partial charge in [0.25, 0.3) is 0 Å². The molecule has 2 aromatic rings. The third-order valence-corrected chi connectivity index (χ3v) is 4.04. The third-order valence-electron chi connectivity index (χ3n) is 3.52. The van der Waals surface area contributed by atoms with Crippen molar-refractivity contribution in [2.75, 3.05) is 26.2 Å². The normalized spacial score (nSPS) is 18.4. The molecular weight excluding hydrogens is 304 g/mol. The van der Waals surface area contributed by atoms with Crippen molar-refractivity contribution >= 4 is 15.9 Å². The molecule has 2 heterocycles. The minimum Gasteiger partial charge on any atom is -0.467 e. The van der Waals surface area contributed by atoms with Crippen LogP contribution in [0.15, 0.2) is 51.6 Å². The second-order valence-corrected chi connectivity index (χ2v) is 5.67. The Morgan fingerprint density at radius 1 is 1.11 bits per heavy atom. The van der Waals surface area contributed by atoms with Gasteiger partial charge in [0.1, 0.15) is 5.76 Å². The summed E-state index contributed by atoms with van der Waals surface area (Å²) in [7, 11) is 0. The van der Waals surface area contributed by atoms with Crippen LogP contribution in [0.25, 0.3) is 0 Å². The van der Waals surface area contributed by atoms with Gasteiger partial charge in [-0.3, -0.25) is 4.90 Å². The number of furan rings is 1. The molecule has 4 heteroatoms. The van der Waals surface area contributed by atoms with Crippen molar-refractivity contribution in [2.24, 2.45) is 0 Å². The van der Waals surface area contributed by atoms with E-state index in [0.717, 1.165) is 36.4 Å². The Hall–Kier alpha value is -1.10. The van der Waals surface area contributed by atoms with Gasteiger partial charge in [-0.15, -0.1) is 0 Å². The van der Waals surface area contributed by atoms with E-state index >= 15 is 0 Å². The van der Waals surface area contributed by atoms with Crippen LogP contribution in [0.3, 0.4) is 0 Å². The number of piperazine rings is 1. The van der Waals surface area contributed by atoms with Crippen LogP contribution in [0.1, 0.15) is 17.4 Å². The summed E-state index contributed by atoms with van der Waals surface area (Å²) in [6.07, 6.45) is 1.75. The summed E-state index contributed by atoms with van der Waals surface area (Å²) in [5, 5.41) is 3.40. The molecular formula is C15H17BrN2O. The predicted molar refractivity (Wildman–Crippen MR) is 79.1 cm³/mol. The Labute approximate surface area is 121 Å². The van der Waals surface area contributed by atoms with E-state index in [1.165, 1.54) is 5.56 Å². The van der Waals surface area contributed by atoms with E-state index < -0.39 is 0 Å². The molecule has 19 heavy (non-hydrogen) atoms. The van der Waals surface area contributed by atoms with Crippen LogP contribution < -0.4 is 5.32 Å². The molecule has 1 fully saturated rings. The Bertz CT molecular complexity index is 503. The lowest BCUT2D eigenvalue weighted by molar-refractivity contribution is 0.180. The molecule has 0 aliphatic carbocycles. The van der Waals surface area contributed by atoms with E-state index in [2.05, 4.69) is 56.5 Å². The lowest BCUT2D eigenvalue weighted by Gasteiger charge is -2.34. The maximum Gasteiger partial charge on any atom is 0.125 e. The van der Waals surface area contributed by atoms with Crippen LogP contribution in [-0.2, 0) is 0 Å². The summed E-state index contributed by atoms with van der Waals surface area (Å²) in [6, 6.07) is 12.8. The molecule has 1 saturated heterocycles. The van der Waals surface area contributed by atoms with E-state index in [-0.39, 0.29) is 6.04 Å². The Morgan fingerprint density at radius 2 is 1.84 bits per heavy atom. The molecule has 1 aliphatic rings. The number of rotatable bonds is 3. The Balaban J connectivity index is 1.93. The minimum atomic E-state index is 0.213. The number of nitrogens with one attached hydrogen (secondary N) is 1. The molecule has 1 N–H and O–H groups in total. The molecule has 1 atom stereocenters. The fourth-order valence-electron chi connectivity index (χ4n) is 2.59. The summed E-state index contributed by atoms with van der Waals surface area (Å²) < 4.78 is 6.77. The van der Waals surface area contributed by atoms with Gasteiger partial charge in [0.05, 0.1) is 12.3 Å². The summed E-state index contributed by atoms with van der Waals surface area (Å²) in [5.41, 5.74) is 1.28. The van der Waals surface area contributed by atoms with Crippen LogP contribution >= 0.6 is 15.9 Å². The van der Waals surface area contributed by atoms with Gasteiger partial charge >= 0.3 is 0 Å². The van der Waals surface area contributed by atoms with Crippen molar-refractivity contribution in [3.8, 4) is 0 Å². The van der Waals surface area contributed by atoms with Crippen molar-refractivity contribution < 1.29 is 4.42 Å². The Morgan fingerprint density at radius 3 is 2.47 bits per heavy atom. The zero-order valence-electron chi connectivity index (χ0n) is 10.7. The van der Waals surface area contributed by atoms with Gasteiger partial charge in [0.2, 0.25) is 0 Å². The fourth-order valence-corrected chi connectivity index (χ4v) is 2.85. The van der Waals surface area contributed by atoms with Gasteiger partial charge in [0, 0.05) is 30.7 Å². The third kappa shape index (κ3) is 2.91. The van der Waals surface area contributed by atoms with Crippen molar-refractivity contribution in [3.63, 3.8) is 0 Å². The first-order valence-corrected chi connectivity index (χ1v) is 7.37. The van der Waals surface area contributed by atoms with Gasteiger partial charge in [-0.05, 0) is 29.8 Å². The summed E-state index contributed by atoms with van der Waals surface area (Å²) >= 11 is 3.49. The predicted octanol–water partition coefficient (Wildman–Crippen LogP) is 3.04. The standard InChI is InChI=1S/C15H17BrN2O/c16-13-5-3-12(4-6-13)15(14-2-1-11-19-14)18-9-7-17-8-10-18/h1-6,11,15,17H,7-10H2. The van der Waals surface area contributed by atoms with Crippen LogP contribution in [0.5, 0.6) is 0 Å². The molecule has 1 aromatic heterocycles. The van der Waals surface area contributed by atoms with E-state index in [1.807, 2.05) is 6.07 Å². The number of nitrogens with zero attached hydrogens (tertiary/aromatic N) is 1. The number of hydrogen-bond donors (Lipinski definition) is 1. The van der Waals surface area contributed by atoms with Gasteiger partial charge in [0.15, 0.2) is 0 Å². The highest BCUT2D eigenvalue weighted by atomic mass is 79.9. The van der Waals surface area contributed by atoms with E-state index in [4.69, 9.17) is 4.42 Å². The average Bonchev–Trinajstić information content (AvgIpc) is 2.96. The van der Waals surface area contributed by atoms with Gasteiger partial charge in [-0.1, -0.05) is 28.1 Å². The smallest absolute Gasteiger partial charge is 0.125 e. The van der Waals surface area contributed by atoms with Crippen LogP contribution in [0.4, 0.5) is 0 Å². The van der Waals surface area contributed by atoms with Crippen molar-refractivity contribution in [1.82, 2.24) is 10.2 Å². The zero-order valence-corrected chi connectivity index (χ0v) is 12.3. The second kappa shape index (κ2) is 5.90. The van der Waals surface area contributed by atoms with E-state index in [1.54, 1.807) is 6.26 Å². The molecule has 1 unspecified atom stereocenters. The molecule has 0 spiro atoms. The average molecular weight is 321 g/mol. The van der Waals surface area contributed by atoms with Crippen LogP contribution in [-0.4, -0.2) is 31.1 Å². The van der Waals surface area contributed by atoms with E-state index in [0.29, 0.717) is 0 Å². The molecule has 1 aliphatic heterocycles. The first-order valence-electron chi connectivity index (χ1n) is 6.58. The van der Waals surface area contributed by atoms with Crippen LogP contribution in [0.2, 0.25) is 0 Å². The van der Waals surface area contributed by atoms with Gasteiger partial charge in [-0.2, -0.15) is 0 Å². The highest BCUT2D eigenvalue weighted by molar-refractivity contribution is 9.10. The lowest BCUT2D eigenvalue weighted by atomic mass is 10.0. The fraction of sp³-hybridized carbons (Fsp3) is 0.333. The second-order valence-electron chi connectivity index (χ2n) is 4.76. The summed E-state index contributed by atoms with van der Waals surface area (Å²) in [4.78, 5) is 2.47. The number of halogens is 1. The highest BCUT2D eigenvalue weighted by Crippen LogP contribution is 2.30. The maximum atomic E-state index is 5.66. The molecule has 3 nitrogen and oxygen atoms in total. The topological polar surface area (TPSA) is 28.4 Å². The zero-order chi connectivity index (χ0) is 13.1. The van der Waals surface area contributed by atoms with Gasteiger partial charge < -0.3 is 9.73 Å². The highest BCUT2D eigenvalue weighted by Gasteiger charge is 2.25. The maximum absolute atomic E-state index is 5.66. The molecule has 0 bridgehead atoms. The molecule has 0 radical (unpaired) electrons. The molecule has 1 aromatic carbocycles. The van der Waals surface area contributed by atoms with Gasteiger partial charge in [-0.25, -0.2) is 0 Å². The summed E-state index contributed by atoms with van der Waals surface area (Å²) in [5.74, 6) is 1.02. The van der Waals surface area contributed by atoms with Crippen LogP contribution in [0, 0.1) is 0 Å². The molecule has 0 saturated carbocycles. The van der Waals surface area contributed by atoms with Crippen molar-refractivity contribution in [2.45, 2.75) is 6.04 Å². The number of hydrogen-bond acceptors (Lipinski definition) is 3. The molecule has 3 rings (SSSR count). The van der Waals surface area contributed by atoms with E-state index in [9.17, 15) is 0 Å². The minimum absolute atomic E-state index is 0.213. The Kier molecular flexibility index (Phi) is 4.01. The monoisotopic (exact) mass is 320 g/mol. The molecule has 0 amide bonds. The number of benzene rings is 1. The van der Waals surface area contributed by atoms with Crippen molar-refractivity contribution in [3.05, 3.63) is 58.5 Å². The first kappa shape index (κ1) is 12.9. The largest absolute Gasteiger partial charge is 0.467 e. The quantitative estimate of drug-likeness (QED) is 0.942. The summed E-state index contributed by atoms with van der Waals surface area (Å²) in [6.45, 7) is 4.16. The molecule has 100 valence electrons. The first-order chi connectivity index (χ1) is 9.34. The van der Waals surface area contributed by atoms with Crippen molar-refractivity contribution in [1.29, 1.82) is 0 Å². The SMILES string of the molecule is Brc1ccc(C(c2ccco2)N2CCNCC2)cc1. The lowest BCUT2D eigenvalue weighted by Crippen LogP contribution is -2.45.